The van der Waals surface area contributed by atoms with E-state index < -0.39 is 0 Å². The quantitative estimate of drug-likeness (QED) is 0.396. The number of carbonyl (C=O) groups is 1. The summed E-state index contributed by atoms with van der Waals surface area (Å²) < 4.78 is 2.45. The number of piperidine rings is 1. The Morgan fingerprint density at radius 2 is 1.94 bits per heavy atom. The highest BCUT2D eigenvalue weighted by Gasteiger charge is 2.21. The van der Waals surface area contributed by atoms with Crippen LogP contribution in [0.1, 0.15) is 68.8 Å². The lowest BCUT2D eigenvalue weighted by molar-refractivity contribution is -0.114. The van der Waals surface area contributed by atoms with Crippen molar-refractivity contribution in [1.82, 2.24) is 14.5 Å². The molecule has 0 bridgehead atoms. The number of imidazole rings is 1. The number of hydrogen-bond donors (Lipinski definition) is 1. The number of fused-ring (bicyclic) bond motifs is 1. The number of anilines is 1. The van der Waals surface area contributed by atoms with Crippen LogP contribution in [0, 0.1) is 0 Å². The molecular weight excluding hydrogens is 444 g/mol. The molecule has 5 heteroatoms. The lowest BCUT2D eigenvalue weighted by atomic mass is 9.89. The highest BCUT2D eigenvalue weighted by Crippen LogP contribution is 2.30. The van der Waals surface area contributed by atoms with E-state index in [2.05, 4.69) is 76.3 Å². The first-order chi connectivity index (χ1) is 17.6. The van der Waals surface area contributed by atoms with Crippen molar-refractivity contribution >= 4 is 28.2 Å². The van der Waals surface area contributed by atoms with Crippen LogP contribution >= 0.6 is 0 Å². The van der Waals surface area contributed by atoms with Crippen molar-refractivity contribution < 1.29 is 4.79 Å². The number of benzene rings is 2. The van der Waals surface area contributed by atoms with Crippen molar-refractivity contribution in [2.45, 2.75) is 64.8 Å². The zero-order valence-corrected chi connectivity index (χ0v) is 21.7. The van der Waals surface area contributed by atoms with Gasteiger partial charge in [-0.15, -0.1) is 0 Å². The van der Waals surface area contributed by atoms with Crippen LogP contribution in [0.15, 0.2) is 60.7 Å². The van der Waals surface area contributed by atoms with Gasteiger partial charge in [0.25, 0.3) is 0 Å². The Balaban J connectivity index is 1.22. The molecule has 2 aliphatic rings. The molecule has 2 heterocycles. The maximum Gasteiger partial charge on any atom is 0.221 e. The van der Waals surface area contributed by atoms with Crippen LogP contribution in [-0.2, 0) is 17.8 Å². The summed E-state index contributed by atoms with van der Waals surface area (Å²) in [5, 5.41) is 2.92. The van der Waals surface area contributed by atoms with Crippen molar-refractivity contribution in [3.05, 3.63) is 77.6 Å². The van der Waals surface area contributed by atoms with Crippen LogP contribution in [0.5, 0.6) is 0 Å². The molecule has 1 N–H and O–H groups in total. The standard InChI is InChI=1S/C31H38N4O/c1-3-24-13-14-29-30(21-24)35(31(33-29)26-9-5-4-6-10-26)18-8-17-34-19-15-25(16-20-34)27-11-7-12-28(22-27)32-23(2)36/h5,7,9-14,21-22,25H,3-4,6,8,15-20H2,1-2H3,(H,32,36). The Kier molecular flexibility index (Phi) is 7.66. The van der Waals surface area contributed by atoms with Crippen molar-refractivity contribution in [3.63, 3.8) is 0 Å². The number of rotatable bonds is 8. The third kappa shape index (κ3) is 5.62. The van der Waals surface area contributed by atoms with Gasteiger partial charge in [0.2, 0.25) is 5.91 Å². The summed E-state index contributed by atoms with van der Waals surface area (Å²) >= 11 is 0. The fourth-order valence-electron chi connectivity index (χ4n) is 5.63. The predicted molar refractivity (Wildman–Crippen MR) is 149 cm³/mol. The summed E-state index contributed by atoms with van der Waals surface area (Å²) in [5.74, 6) is 1.67. The van der Waals surface area contributed by atoms with E-state index in [0.717, 1.165) is 68.9 Å². The van der Waals surface area contributed by atoms with Gasteiger partial charge < -0.3 is 14.8 Å². The van der Waals surface area contributed by atoms with Gasteiger partial charge in [-0.3, -0.25) is 4.79 Å². The highest BCUT2D eigenvalue weighted by atomic mass is 16.1. The van der Waals surface area contributed by atoms with Crippen LogP contribution in [0.4, 0.5) is 5.69 Å². The largest absolute Gasteiger partial charge is 0.326 e. The number of carbonyl (C=O) groups excluding carboxylic acids is 1. The average molecular weight is 483 g/mol. The summed E-state index contributed by atoms with van der Waals surface area (Å²) in [6.45, 7) is 8.13. The molecule has 1 aliphatic carbocycles. The Morgan fingerprint density at radius 3 is 2.69 bits per heavy atom. The molecule has 1 aliphatic heterocycles. The van der Waals surface area contributed by atoms with E-state index in [1.165, 1.54) is 35.1 Å². The normalized spacial score (nSPS) is 16.9. The number of aromatic nitrogens is 2. The Morgan fingerprint density at radius 1 is 1.08 bits per heavy atom. The van der Waals surface area contributed by atoms with Crippen LogP contribution in [0.3, 0.4) is 0 Å². The number of allylic oxidation sites excluding steroid dienone is 4. The van der Waals surface area contributed by atoms with E-state index in [1.807, 2.05) is 6.07 Å². The van der Waals surface area contributed by atoms with Crippen LogP contribution in [0.25, 0.3) is 16.6 Å². The minimum absolute atomic E-state index is 0.0162. The number of likely N-dealkylation sites (tertiary alicyclic amines) is 1. The fraction of sp³-hybridized carbons (Fsp3) is 0.419. The molecule has 0 spiro atoms. The summed E-state index contributed by atoms with van der Waals surface area (Å²) in [5.41, 5.74) is 7.24. The summed E-state index contributed by atoms with van der Waals surface area (Å²) in [6, 6.07) is 15.1. The zero-order valence-electron chi connectivity index (χ0n) is 21.7. The SMILES string of the molecule is CCc1ccc2nc(C3=CCCC=C3)n(CCCN3CCC(c4cccc(NC(C)=O)c4)CC3)c2c1. The van der Waals surface area contributed by atoms with Crippen LogP contribution < -0.4 is 5.32 Å². The topological polar surface area (TPSA) is 50.2 Å². The van der Waals surface area contributed by atoms with Gasteiger partial charge in [-0.05, 0) is 99.5 Å². The molecule has 1 aromatic heterocycles. The first kappa shape index (κ1) is 24.5. The molecule has 0 saturated carbocycles. The summed E-state index contributed by atoms with van der Waals surface area (Å²) in [7, 11) is 0. The maximum absolute atomic E-state index is 11.4. The van der Waals surface area contributed by atoms with Gasteiger partial charge >= 0.3 is 0 Å². The molecule has 1 fully saturated rings. The van der Waals surface area contributed by atoms with Gasteiger partial charge in [-0.25, -0.2) is 4.98 Å². The van der Waals surface area contributed by atoms with E-state index in [1.54, 1.807) is 6.92 Å². The van der Waals surface area contributed by atoms with Crippen molar-refractivity contribution in [2.75, 3.05) is 25.0 Å². The Hall–Kier alpha value is -3.18. The highest BCUT2D eigenvalue weighted by molar-refractivity contribution is 5.88. The number of nitrogens with one attached hydrogen (secondary N) is 1. The third-order valence-electron chi connectivity index (χ3n) is 7.60. The Labute approximate surface area is 214 Å². The lowest BCUT2D eigenvalue weighted by Crippen LogP contribution is -2.34. The zero-order chi connectivity index (χ0) is 24.9. The van der Waals surface area contributed by atoms with Crippen LogP contribution in [0.2, 0.25) is 0 Å². The maximum atomic E-state index is 11.4. The fourth-order valence-corrected chi connectivity index (χ4v) is 5.63. The molecule has 3 aromatic rings. The van der Waals surface area contributed by atoms with E-state index in [0.29, 0.717) is 5.92 Å². The van der Waals surface area contributed by atoms with Crippen molar-refractivity contribution in [3.8, 4) is 0 Å². The van der Waals surface area contributed by atoms with E-state index in [-0.39, 0.29) is 5.91 Å². The van der Waals surface area contributed by atoms with Gasteiger partial charge in [-0.1, -0.05) is 43.4 Å². The van der Waals surface area contributed by atoms with E-state index in [9.17, 15) is 4.79 Å². The van der Waals surface area contributed by atoms with Gasteiger partial charge in [0, 0.05) is 24.7 Å². The molecule has 0 radical (unpaired) electrons. The molecule has 1 saturated heterocycles. The molecule has 0 unspecified atom stereocenters. The third-order valence-corrected chi connectivity index (χ3v) is 7.60. The Bertz CT molecular complexity index is 1280. The first-order valence-electron chi connectivity index (χ1n) is 13.6. The van der Waals surface area contributed by atoms with Gasteiger partial charge in [0.05, 0.1) is 11.0 Å². The second-order valence-electron chi connectivity index (χ2n) is 10.2. The van der Waals surface area contributed by atoms with Crippen molar-refractivity contribution in [1.29, 1.82) is 0 Å². The number of hydrogen-bond acceptors (Lipinski definition) is 3. The summed E-state index contributed by atoms with van der Waals surface area (Å²) in [4.78, 5) is 19.1. The molecule has 5 rings (SSSR count). The van der Waals surface area contributed by atoms with Gasteiger partial charge in [-0.2, -0.15) is 0 Å². The van der Waals surface area contributed by atoms with Gasteiger partial charge in [0.15, 0.2) is 0 Å². The number of nitrogens with zero attached hydrogens (tertiary/aromatic N) is 3. The molecule has 188 valence electrons. The molecule has 5 nitrogen and oxygen atoms in total. The minimum atomic E-state index is -0.0162. The molecule has 36 heavy (non-hydrogen) atoms. The van der Waals surface area contributed by atoms with Crippen LogP contribution in [-0.4, -0.2) is 40.0 Å². The summed E-state index contributed by atoms with van der Waals surface area (Å²) in [6.07, 6.45) is 13.6. The molecule has 0 atom stereocenters. The number of aryl methyl sites for hydroxylation is 2. The molecule has 1 amide bonds. The molecular formula is C31H38N4O. The second-order valence-corrected chi connectivity index (χ2v) is 10.2. The number of amides is 1. The predicted octanol–water partition coefficient (Wildman–Crippen LogP) is 6.56. The van der Waals surface area contributed by atoms with E-state index >= 15 is 0 Å². The van der Waals surface area contributed by atoms with Crippen molar-refractivity contribution in [2.24, 2.45) is 0 Å². The smallest absolute Gasteiger partial charge is 0.221 e. The average Bonchev–Trinajstić information content (AvgIpc) is 3.27. The minimum Gasteiger partial charge on any atom is -0.326 e. The lowest BCUT2D eigenvalue weighted by Gasteiger charge is -2.32. The van der Waals surface area contributed by atoms with Gasteiger partial charge in [0.1, 0.15) is 5.82 Å². The van der Waals surface area contributed by atoms with E-state index in [4.69, 9.17) is 4.98 Å². The molecule has 2 aromatic carbocycles. The monoisotopic (exact) mass is 482 g/mol. The second kappa shape index (κ2) is 11.3. The first-order valence-corrected chi connectivity index (χ1v) is 13.6.